The monoisotopic (exact) mass is 550 g/mol. The van der Waals surface area contributed by atoms with E-state index in [-0.39, 0.29) is 12.2 Å². The van der Waals surface area contributed by atoms with Gasteiger partial charge in [-0.25, -0.2) is 9.79 Å². The SMILES string of the molecule is CCCC1=C(C(=O)OCC)[C@H](c2cccc(OC)c2)n2c(s/c(=C/c3ccc(N4CCN(C)CC4)o3)c2=O)=N1. The van der Waals surface area contributed by atoms with Crippen LogP contribution in [-0.2, 0) is 9.53 Å². The van der Waals surface area contributed by atoms with Gasteiger partial charge >= 0.3 is 5.97 Å². The van der Waals surface area contributed by atoms with Crippen molar-refractivity contribution in [2.45, 2.75) is 32.7 Å². The summed E-state index contributed by atoms with van der Waals surface area (Å²) in [6.07, 6.45) is 3.15. The fourth-order valence-electron chi connectivity index (χ4n) is 4.99. The first-order valence-corrected chi connectivity index (χ1v) is 14.1. The fourth-order valence-corrected chi connectivity index (χ4v) is 5.99. The molecule has 0 aliphatic carbocycles. The molecule has 1 aromatic carbocycles. The summed E-state index contributed by atoms with van der Waals surface area (Å²) in [6, 6.07) is 10.6. The van der Waals surface area contributed by atoms with Crippen molar-refractivity contribution in [2.75, 3.05) is 51.8 Å². The summed E-state index contributed by atoms with van der Waals surface area (Å²) in [6.45, 7) is 7.77. The summed E-state index contributed by atoms with van der Waals surface area (Å²) in [5.41, 5.74) is 1.55. The predicted molar refractivity (Wildman–Crippen MR) is 151 cm³/mol. The summed E-state index contributed by atoms with van der Waals surface area (Å²) in [7, 11) is 3.71. The first-order chi connectivity index (χ1) is 18.9. The number of fused-ring (bicyclic) bond motifs is 1. The van der Waals surface area contributed by atoms with Gasteiger partial charge in [0.15, 0.2) is 10.7 Å². The molecule has 5 rings (SSSR count). The minimum Gasteiger partial charge on any atom is -0.497 e. The number of aromatic nitrogens is 1. The van der Waals surface area contributed by atoms with Crippen LogP contribution in [0.25, 0.3) is 6.08 Å². The lowest BCUT2D eigenvalue weighted by Gasteiger charge is -2.32. The molecule has 10 heteroatoms. The van der Waals surface area contributed by atoms with Crippen LogP contribution in [0, 0.1) is 0 Å². The summed E-state index contributed by atoms with van der Waals surface area (Å²) in [4.78, 5) is 37.1. The molecule has 39 heavy (non-hydrogen) atoms. The largest absolute Gasteiger partial charge is 0.497 e. The standard InChI is InChI=1S/C29H34N4O5S/c1-5-8-22-25(28(35)37-6-2)26(19-9-7-10-20(17-19)36-4)33-27(34)23(39-29(33)30-22)18-21-11-12-24(38-21)32-15-13-31(3)14-16-32/h7,9-12,17-18,26H,5-6,8,13-16H2,1-4H3/b23-18+/t26-/m0/s1. The van der Waals surface area contributed by atoms with E-state index in [0.29, 0.717) is 38.5 Å². The molecule has 9 nitrogen and oxygen atoms in total. The van der Waals surface area contributed by atoms with Crippen molar-refractivity contribution in [2.24, 2.45) is 4.99 Å². The Hall–Kier alpha value is -3.63. The normalized spacial score (nSPS) is 18.2. The van der Waals surface area contributed by atoms with Crippen LogP contribution in [0.2, 0.25) is 0 Å². The van der Waals surface area contributed by atoms with Crippen molar-refractivity contribution in [1.82, 2.24) is 9.47 Å². The summed E-state index contributed by atoms with van der Waals surface area (Å²) in [5, 5.41) is 0. The minimum absolute atomic E-state index is 0.227. The van der Waals surface area contributed by atoms with Gasteiger partial charge in [0, 0.05) is 38.3 Å². The number of piperazine rings is 1. The van der Waals surface area contributed by atoms with Crippen LogP contribution in [0.1, 0.15) is 44.1 Å². The molecule has 206 valence electrons. The van der Waals surface area contributed by atoms with E-state index in [2.05, 4.69) is 16.8 Å². The molecule has 0 amide bonds. The number of likely N-dealkylation sites (N-methyl/N-ethyl adjacent to an activating group) is 1. The highest BCUT2D eigenvalue weighted by molar-refractivity contribution is 7.07. The van der Waals surface area contributed by atoms with E-state index in [0.717, 1.165) is 44.0 Å². The lowest BCUT2D eigenvalue weighted by molar-refractivity contribution is -0.139. The van der Waals surface area contributed by atoms with E-state index in [4.69, 9.17) is 18.9 Å². The molecule has 2 aliphatic heterocycles. The van der Waals surface area contributed by atoms with E-state index in [1.54, 1.807) is 24.7 Å². The zero-order valence-corrected chi connectivity index (χ0v) is 23.6. The van der Waals surface area contributed by atoms with Gasteiger partial charge in [-0.3, -0.25) is 9.36 Å². The number of hydrogen-bond acceptors (Lipinski definition) is 9. The molecule has 2 aliphatic rings. The van der Waals surface area contributed by atoms with Crippen LogP contribution in [0.3, 0.4) is 0 Å². The van der Waals surface area contributed by atoms with E-state index < -0.39 is 12.0 Å². The lowest BCUT2D eigenvalue weighted by Crippen LogP contribution is -2.44. The van der Waals surface area contributed by atoms with Crippen LogP contribution in [0.4, 0.5) is 5.88 Å². The average molecular weight is 551 g/mol. The number of anilines is 1. The van der Waals surface area contributed by atoms with Crippen molar-refractivity contribution in [3.8, 4) is 5.75 Å². The fraction of sp³-hybridized carbons (Fsp3) is 0.414. The Kier molecular flexibility index (Phi) is 8.04. The van der Waals surface area contributed by atoms with E-state index in [9.17, 15) is 9.59 Å². The summed E-state index contributed by atoms with van der Waals surface area (Å²) < 4.78 is 19.1. The first-order valence-electron chi connectivity index (χ1n) is 13.3. The molecule has 0 N–H and O–H groups in total. The molecular formula is C29H34N4O5S. The molecule has 3 aromatic rings. The van der Waals surface area contributed by atoms with Crippen LogP contribution >= 0.6 is 11.3 Å². The lowest BCUT2D eigenvalue weighted by atomic mass is 9.94. The third-order valence-corrected chi connectivity index (χ3v) is 7.99. The number of thiazole rings is 1. The summed E-state index contributed by atoms with van der Waals surface area (Å²) >= 11 is 1.30. The number of ether oxygens (including phenoxy) is 2. The maximum Gasteiger partial charge on any atom is 0.338 e. The van der Waals surface area contributed by atoms with Crippen molar-refractivity contribution in [3.05, 3.63) is 78.7 Å². The van der Waals surface area contributed by atoms with Gasteiger partial charge in [-0.1, -0.05) is 36.8 Å². The zero-order chi connectivity index (χ0) is 27.5. The highest BCUT2D eigenvalue weighted by atomic mass is 32.1. The van der Waals surface area contributed by atoms with Gasteiger partial charge in [0.1, 0.15) is 11.5 Å². The smallest absolute Gasteiger partial charge is 0.338 e. The second-order valence-electron chi connectivity index (χ2n) is 9.66. The number of esters is 1. The van der Waals surface area contributed by atoms with Gasteiger partial charge in [-0.15, -0.1) is 0 Å². The maximum atomic E-state index is 13.9. The number of hydrogen-bond donors (Lipinski definition) is 0. The molecule has 0 spiro atoms. The van der Waals surface area contributed by atoms with Crippen LogP contribution in [0.15, 0.2) is 61.9 Å². The first kappa shape index (κ1) is 27.0. The molecule has 4 heterocycles. The van der Waals surface area contributed by atoms with E-state index >= 15 is 0 Å². The van der Waals surface area contributed by atoms with Crippen molar-refractivity contribution >= 4 is 29.3 Å². The second kappa shape index (κ2) is 11.6. The van der Waals surface area contributed by atoms with Gasteiger partial charge in [0.2, 0.25) is 0 Å². The Labute approximate surface area is 231 Å². The van der Waals surface area contributed by atoms with Crippen molar-refractivity contribution in [1.29, 1.82) is 0 Å². The van der Waals surface area contributed by atoms with Gasteiger partial charge in [-0.05, 0) is 44.2 Å². The predicted octanol–water partition coefficient (Wildman–Crippen LogP) is 2.93. The summed E-state index contributed by atoms with van der Waals surface area (Å²) in [5.74, 6) is 1.57. The maximum absolute atomic E-state index is 13.9. The highest BCUT2D eigenvalue weighted by Gasteiger charge is 2.34. The topological polar surface area (TPSA) is 89.5 Å². The third kappa shape index (κ3) is 5.44. The molecule has 0 saturated carbocycles. The molecule has 0 radical (unpaired) electrons. The molecule has 0 unspecified atom stereocenters. The third-order valence-electron chi connectivity index (χ3n) is 7.00. The minimum atomic E-state index is -0.684. The number of nitrogens with zero attached hydrogens (tertiary/aromatic N) is 4. The number of rotatable bonds is 8. The molecule has 2 aromatic heterocycles. The Morgan fingerprint density at radius 3 is 2.69 bits per heavy atom. The molecule has 1 atom stereocenters. The number of methoxy groups -OCH3 is 1. The zero-order valence-electron chi connectivity index (χ0n) is 22.8. The van der Waals surface area contributed by atoms with E-state index in [1.165, 1.54) is 11.3 Å². The molecular weight excluding hydrogens is 516 g/mol. The number of carbonyl (C=O) groups excluding carboxylic acids is 1. The molecule has 1 fully saturated rings. The highest BCUT2D eigenvalue weighted by Crippen LogP contribution is 2.34. The number of carbonyl (C=O) groups is 1. The molecule has 1 saturated heterocycles. The number of allylic oxidation sites excluding steroid dienone is 1. The Balaban J connectivity index is 1.63. The van der Waals surface area contributed by atoms with Gasteiger partial charge < -0.3 is 23.7 Å². The second-order valence-corrected chi connectivity index (χ2v) is 10.7. The van der Waals surface area contributed by atoms with Crippen LogP contribution < -0.4 is 24.5 Å². The Bertz CT molecular complexity index is 1560. The quantitative estimate of drug-likeness (QED) is 0.399. The van der Waals surface area contributed by atoms with E-state index in [1.807, 2.05) is 43.3 Å². The number of furan rings is 1. The Morgan fingerprint density at radius 2 is 1.97 bits per heavy atom. The molecule has 0 bridgehead atoms. The Morgan fingerprint density at radius 1 is 1.18 bits per heavy atom. The van der Waals surface area contributed by atoms with Gasteiger partial charge in [0.25, 0.3) is 5.56 Å². The van der Waals surface area contributed by atoms with Crippen molar-refractivity contribution < 1.29 is 18.7 Å². The van der Waals surface area contributed by atoms with Crippen LogP contribution in [-0.4, -0.2) is 62.4 Å². The van der Waals surface area contributed by atoms with Crippen molar-refractivity contribution in [3.63, 3.8) is 0 Å². The van der Waals surface area contributed by atoms with Gasteiger partial charge in [-0.2, -0.15) is 0 Å². The van der Waals surface area contributed by atoms with Gasteiger partial charge in [0.05, 0.1) is 35.6 Å². The number of benzene rings is 1. The average Bonchev–Trinajstić information content (AvgIpc) is 3.53. The van der Waals surface area contributed by atoms with Crippen LogP contribution in [0.5, 0.6) is 5.75 Å².